The fraction of sp³-hybridized carbons (Fsp3) is 0.667. The van der Waals surface area contributed by atoms with Crippen molar-refractivity contribution in [1.29, 1.82) is 0 Å². The zero-order valence-electron chi connectivity index (χ0n) is 5.31. The van der Waals surface area contributed by atoms with E-state index in [-0.39, 0.29) is 0 Å². The van der Waals surface area contributed by atoms with Gasteiger partial charge >= 0.3 is 0 Å². The normalized spacial score (nSPS) is 9.25. The first-order valence-electron chi connectivity index (χ1n) is 2.93. The number of hydrogen-bond acceptors (Lipinski definition) is 1. The minimum Gasteiger partial charge on any atom is -0.478 e. The first kappa shape index (κ1) is 7.63. The lowest BCUT2D eigenvalue weighted by Gasteiger charge is -1.95. The zero-order valence-corrected chi connectivity index (χ0v) is 5.31. The molecule has 48 valence electrons. The summed E-state index contributed by atoms with van der Waals surface area (Å²) < 4.78 is 0. The molecule has 0 saturated heterocycles. The first-order chi connectivity index (χ1) is 3.81. The summed E-state index contributed by atoms with van der Waals surface area (Å²) in [5, 5.41) is 1.77. The van der Waals surface area contributed by atoms with Crippen LogP contribution in [0.25, 0.3) is 0 Å². The molecule has 0 saturated carbocycles. The van der Waals surface area contributed by atoms with E-state index < -0.39 is 0 Å². The molecule has 2 heteroatoms. The summed E-state index contributed by atoms with van der Waals surface area (Å²) in [5.74, 6) is 0.324. The van der Waals surface area contributed by atoms with Crippen molar-refractivity contribution < 1.29 is 10.1 Å². The summed E-state index contributed by atoms with van der Waals surface area (Å²) in [4.78, 5) is 10.5. The molecule has 0 unspecified atom stereocenters. The predicted octanol–water partition coefficient (Wildman–Crippen LogP) is -0.289. The van der Waals surface area contributed by atoms with Gasteiger partial charge in [-0.3, -0.25) is 4.79 Å². The van der Waals surface area contributed by atoms with Gasteiger partial charge in [0.1, 0.15) is 5.78 Å². The molecule has 0 aromatic heterocycles. The Morgan fingerprint density at radius 2 is 2.38 bits per heavy atom. The van der Waals surface area contributed by atoms with E-state index in [2.05, 4.69) is 7.05 Å². The van der Waals surface area contributed by atoms with Crippen molar-refractivity contribution in [2.24, 2.45) is 0 Å². The molecule has 0 spiro atoms. The highest BCUT2D eigenvalue weighted by Gasteiger charge is 1.94. The molecular formula is C6H13NO. The topological polar surface area (TPSA) is 33.7 Å². The van der Waals surface area contributed by atoms with Gasteiger partial charge in [0, 0.05) is 6.42 Å². The van der Waals surface area contributed by atoms with Crippen molar-refractivity contribution in [1.82, 2.24) is 0 Å². The second-order valence-corrected chi connectivity index (χ2v) is 1.72. The van der Waals surface area contributed by atoms with Gasteiger partial charge in [-0.05, 0) is 0 Å². The number of rotatable bonds is 4. The van der Waals surface area contributed by atoms with Crippen LogP contribution in [0.3, 0.4) is 0 Å². The fourth-order valence-electron chi connectivity index (χ4n) is 0.440. The third-order valence-electron chi connectivity index (χ3n) is 1.02. The lowest BCUT2D eigenvalue weighted by molar-refractivity contribution is -0.594. The van der Waals surface area contributed by atoms with Crippen LogP contribution in [-0.2, 0) is 4.79 Å². The number of carbonyl (C=O) groups is 1. The monoisotopic (exact) mass is 115 g/mol. The summed E-state index contributed by atoms with van der Waals surface area (Å²) in [6.45, 7) is 2.71. The van der Waals surface area contributed by atoms with Crippen molar-refractivity contribution in [3.63, 3.8) is 0 Å². The van der Waals surface area contributed by atoms with E-state index in [9.17, 15) is 4.79 Å². The SMILES string of the molecule is [CH2-][NH2+]CCC(=O)CC. The Bertz CT molecular complexity index is 70.9. The largest absolute Gasteiger partial charge is 0.478 e. The van der Waals surface area contributed by atoms with Crippen LogP contribution >= 0.6 is 0 Å². The highest BCUT2D eigenvalue weighted by Crippen LogP contribution is 1.82. The van der Waals surface area contributed by atoms with Crippen LogP contribution in [0.2, 0.25) is 0 Å². The van der Waals surface area contributed by atoms with Crippen LogP contribution in [0.4, 0.5) is 0 Å². The van der Waals surface area contributed by atoms with Crippen LogP contribution in [0.1, 0.15) is 19.8 Å². The van der Waals surface area contributed by atoms with Crippen LogP contribution in [0.5, 0.6) is 0 Å². The van der Waals surface area contributed by atoms with E-state index in [1.807, 2.05) is 6.92 Å². The molecule has 0 radical (unpaired) electrons. The van der Waals surface area contributed by atoms with Gasteiger partial charge in [0.25, 0.3) is 0 Å². The van der Waals surface area contributed by atoms with Gasteiger partial charge in [0.15, 0.2) is 0 Å². The summed E-state index contributed by atoms with van der Waals surface area (Å²) in [7, 11) is 3.51. The van der Waals surface area contributed by atoms with Gasteiger partial charge in [-0.1, -0.05) is 6.92 Å². The maximum Gasteiger partial charge on any atom is 0.138 e. The van der Waals surface area contributed by atoms with E-state index in [0.29, 0.717) is 18.6 Å². The van der Waals surface area contributed by atoms with Crippen molar-refractivity contribution in [3.8, 4) is 0 Å². The van der Waals surface area contributed by atoms with E-state index in [1.54, 1.807) is 5.32 Å². The summed E-state index contributed by atoms with van der Waals surface area (Å²) >= 11 is 0. The summed E-state index contributed by atoms with van der Waals surface area (Å²) in [6, 6.07) is 0. The van der Waals surface area contributed by atoms with E-state index in [1.165, 1.54) is 0 Å². The van der Waals surface area contributed by atoms with Crippen LogP contribution in [0, 0.1) is 7.05 Å². The number of ketones is 1. The molecular weight excluding hydrogens is 102 g/mol. The average molecular weight is 115 g/mol. The van der Waals surface area contributed by atoms with Gasteiger partial charge in [-0.25, -0.2) is 0 Å². The summed E-state index contributed by atoms with van der Waals surface area (Å²) in [6.07, 6.45) is 1.33. The van der Waals surface area contributed by atoms with Crippen molar-refractivity contribution in [2.45, 2.75) is 19.8 Å². The standard InChI is InChI=1S/C6H13NO/c1-3-6(8)4-5-7-2/h2-5,7H2,1H3. The quantitative estimate of drug-likeness (QED) is 0.502. The Labute approximate surface area is 50.3 Å². The molecule has 8 heavy (non-hydrogen) atoms. The second kappa shape index (κ2) is 4.78. The lowest BCUT2D eigenvalue weighted by atomic mass is 10.2. The molecule has 0 fully saturated rings. The number of carbonyl (C=O) groups excluding carboxylic acids is 1. The Morgan fingerprint density at radius 1 is 1.75 bits per heavy atom. The van der Waals surface area contributed by atoms with Crippen LogP contribution in [0.15, 0.2) is 0 Å². The molecule has 0 aromatic rings. The highest BCUT2D eigenvalue weighted by molar-refractivity contribution is 5.77. The molecule has 0 aliphatic carbocycles. The molecule has 2 nitrogen and oxygen atoms in total. The molecule has 0 bridgehead atoms. The predicted molar refractivity (Wildman–Crippen MR) is 32.1 cm³/mol. The van der Waals surface area contributed by atoms with Gasteiger partial charge in [-0.2, -0.15) is 7.05 Å². The highest BCUT2D eigenvalue weighted by atomic mass is 16.1. The molecule has 0 heterocycles. The second-order valence-electron chi connectivity index (χ2n) is 1.72. The fourth-order valence-corrected chi connectivity index (χ4v) is 0.440. The Hall–Kier alpha value is -0.370. The maximum atomic E-state index is 10.5. The van der Waals surface area contributed by atoms with Crippen molar-refractivity contribution in [3.05, 3.63) is 7.05 Å². The Balaban J connectivity index is 2.99. The van der Waals surface area contributed by atoms with Gasteiger partial charge in [-0.15, -0.1) is 0 Å². The van der Waals surface area contributed by atoms with Gasteiger partial charge in [0.05, 0.1) is 13.0 Å². The minimum atomic E-state index is 0.324. The molecule has 0 aliphatic rings. The average Bonchev–Trinajstić information content (AvgIpc) is 1.83. The van der Waals surface area contributed by atoms with Gasteiger partial charge in [0.2, 0.25) is 0 Å². The van der Waals surface area contributed by atoms with Gasteiger partial charge < -0.3 is 5.32 Å². The van der Waals surface area contributed by atoms with E-state index in [4.69, 9.17) is 0 Å². The number of quaternary nitrogens is 1. The first-order valence-corrected chi connectivity index (χ1v) is 2.93. The molecule has 0 rings (SSSR count). The smallest absolute Gasteiger partial charge is 0.138 e. The molecule has 0 aliphatic heterocycles. The van der Waals surface area contributed by atoms with E-state index >= 15 is 0 Å². The summed E-state index contributed by atoms with van der Waals surface area (Å²) in [5.41, 5.74) is 0. The Kier molecular flexibility index (Phi) is 4.56. The zero-order chi connectivity index (χ0) is 6.41. The lowest BCUT2D eigenvalue weighted by Crippen LogP contribution is -2.77. The van der Waals surface area contributed by atoms with Crippen molar-refractivity contribution >= 4 is 5.78 Å². The maximum absolute atomic E-state index is 10.5. The number of hydrogen-bond donors (Lipinski definition) is 1. The third kappa shape index (κ3) is 3.81. The number of nitrogens with two attached hydrogens (primary N) is 1. The molecule has 0 amide bonds. The minimum absolute atomic E-state index is 0.324. The van der Waals surface area contributed by atoms with Crippen LogP contribution < -0.4 is 5.32 Å². The molecule has 0 aromatic carbocycles. The Morgan fingerprint density at radius 3 is 2.75 bits per heavy atom. The molecule has 2 N–H and O–H groups in total. The third-order valence-corrected chi connectivity index (χ3v) is 1.02. The number of Topliss-reactive ketones (excluding diaryl/α,β-unsaturated/α-hetero) is 1. The van der Waals surface area contributed by atoms with E-state index in [0.717, 1.165) is 6.54 Å². The van der Waals surface area contributed by atoms with Crippen LogP contribution in [-0.4, -0.2) is 12.3 Å². The van der Waals surface area contributed by atoms with Crippen molar-refractivity contribution in [2.75, 3.05) is 6.54 Å². The molecule has 0 atom stereocenters.